The zero-order chi connectivity index (χ0) is 14.3. The number of ketones is 1. The number of halogens is 1. The van der Waals surface area contributed by atoms with Crippen molar-refractivity contribution in [3.8, 4) is 0 Å². The van der Waals surface area contributed by atoms with E-state index in [1.165, 1.54) is 23.5 Å². The first-order valence-corrected chi connectivity index (χ1v) is 7.17. The molecule has 1 nitrogen and oxygen atoms in total. The third-order valence-corrected chi connectivity index (χ3v) is 4.45. The van der Waals surface area contributed by atoms with Gasteiger partial charge in [-0.1, -0.05) is 17.7 Å². The Morgan fingerprint density at radius 1 is 1.05 bits per heavy atom. The van der Waals surface area contributed by atoms with Crippen LogP contribution in [0, 0.1) is 19.7 Å². The molecule has 3 rings (SSSR count). The maximum atomic E-state index is 13.2. The largest absolute Gasteiger partial charge is 0.288 e. The second-order valence-electron chi connectivity index (χ2n) is 4.94. The van der Waals surface area contributed by atoms with Gasteiger partial charge in [0.25, 0.3) is 0 Å². The molecule has 2 aromatic carbocycles. The minimum Gasteiger partial charge on any atom is -0.288 e. The molecular weight excluding hydrogens is 271 g/mol. The third kappa shape index (κ3) is 2.25. The van der Waals surface area contributed by atoms with Crippen LogP contribution in [0.5, 0.6) is 0 Å². The molecule has 0 radical (unpaired) electrons. The number of hydrogen-bond acceptors (Lipinski definition) is 2. The highest BCUT2D eigenvalue weighted by atomic mass is 32.1. The molecule has 0 saturated heterocycles. The molecule has 0 bridgehead atoms. The predicted molar refractivity (Wildman–Crippen MR) is 81.1 cm³/mol. The van der Waals surface area contributed by atoms with Gasteiger partial charge in [0.2, 0.25) is 5.78 Å². The minimum atomic E-state index is -0.277. The first kappa shape index (κ1) is 13.0. The van der Waals surface area contributed by atoms with Gasteiger partial charge in [0.05, 0.1) is 4.88 Å². The number of carbonyl (C=O) groups is 1. The molecule has 0 fully saturated rings. The van der Waals surface area contributed by atoms with Crippen LogP contribution in [-0.2, 0) is 0 Å². The molecule has 100 valence electrons. The van der Waals surface area contributed by atoms with Gasteiger partial charge in [0, 0.05) is 10.3 Å². The molecule has 1 aromatic heterocycles. The lowest BCUT2D eigenvalue weighted by molar-refractivity contribution is 0.104. The van der Waals surface area contributed by atoms with Crippen molar-refractivity contribution in [1.82, 2.24) is 0 Å². The van der Waals surface area contributed by atoms with Crippen molar-refractivity contribution in [3.63, 3.8) is 0 Å². The third-order valence-electron chi connectivity index (χ3n) is 3.34. The fourth-order valence-corrected chi connectivity index (χ4v) is 3.24. The van der Waals surface area contributed by atoms with Crippen LogP contribution in [-0.4, -0.2) is 5.78 Å². The molecule has 0 amide bonds. The smallest absolute Gasteiger partial charge is 0.203 e. The van der Waals surface area contributed by atoms with Crippen molar-refractivity contribution < 1.29 is 9.18 Å². The van der Waals surface area contributed by atoms with E-state index in [1.807, 2.05) is 32.0 Å². The minimum absolute atomic E-state index is 0.00723. The van der Waals surface area contributed by atoms with Crippen LogP contribution in [0.15, 0.2) is 42.5 Å². The average molecular weight is 284 g/mol. The van der Waals surface area contributed by atoms with Gasteiger partial charge in [-0.2, -0.15) is 0 Å². The second-order valence-corrected chi connectivity index (χ2v) is 6.02. The summed E-state index contributed by atoms with van der Waals surface area (Å²) in [5.74, 6) is -0.270. The Kier molecular flexibility index (Phi) is 3.14. The van der Waals surface area contributed by atoms with E-state index in [0.29, 0.717) is 4.88 Å². The van der Waals surface area contributed by atoms with Gasteiger partial charge in [0.15, 0.2) is 0 Å². The summed E-state index contributed by atoms with van der Waals surface area (Å²) in [5, 5.41) is 0.781. The molecular formula is C17H13FOS. The van der Waals surface area contributed by atoms with Crippen LogP contribution in [0.3, 0.4) is 0 Å². The number of fused-ring (bicyclic) bond motifs is 1. The van der Waals surface area contributed by atoms with Crippen molar-refractivity contribution in [1.29, 1.82) is 0 Å². The van der Waals surface area contributed by atoms with Crippen molar-refractivity contribution in [2.45, 2.75) is 13.8 Å². The second kappa shape index (κ2) is 4.84. The van der Waals surface area contributed by atoms with E-state index < -0.39 is 0 Å². The van der Waals surface area contributed by atoms with Gasteiger partial charge in [-0.25, -0.2) is 4.39 Å². The Bertz CT molecular complexity index is 817. The lowest BCUT2D eigenvalue weighted by Crippen LogP contribution is -2.01. The molecule has 0 aliphatic heterocycles. The normalized spacial score (nSPS) is 10.9. The Balaban J connectivity index is 2.10. The number of carbonyl (C=O) groups excluding carboxylic acids is 1. The summed E-state index contributed by atoms with van der Waals surface area (Å²) < 4.78 is 14.1. The van der Waals surface area contributed by atoms with Crippen LogP contribution in [0.1, 0.15) is 26.4 Å². The Morgan fingerprint density at radius 3 is 2.65 bits per heavy atom. The van der Waals surface area contributed by atoms with Gasteiger partial charge in [-0.15, -0.1) is 11.3 Å². The lowest BCUT2D eigenvalue weighted by Gasteiger charge is -2.04. The highest BCUT2D eigenvalue weighted by Crippen LogP contribution is 2.28. The van der Waals surface area contributed by atoms with E-state index in [0.717, 1.165) is 26.8 Å². The fraction of sp³-hybridized carbons (Fsp3) is 0.118. The average Bonchev–Trinajstić information content (AvgIpc) is 2.83. The lowest BCUT2D eigenvalue weighted by atomic mass is 10.0. The highest BCUT2D eigenvalue weighted by Gasteiger charge is 2.15. The van der Waals surface area contributed by atoms with Crippen molar-refractivity contribution in [2.24, 2.45) is 0 Å². The summed E-state index contributed by atoms with van der Waals surface area (Å²) >= 11 is 1.41. The molecule has 20 heavy (non-hydrogen) atoms. The maximum Gasteiger partial charge on any atom is 0.203 e. The summed E-state index contributed by atoms with van der Waals surface area (Å²) in [5.41, 5.74) is 2.74. The van der Waals surface area contributed by atoms with Crippen LogP contribution >= 0.6 is 11.3 Å². The van der Waals surface area contributed by atoms with Gasteiger partial charge in [0.1, 0.15) is 5.82 Å². The molecule has 0 aliphatic rings. The molecule has 0 saturated carbocycles. The monoisotopic (exact) mass is 284 g/mol. The highest BCUT2D eigenvalue weighted by molar-refractivity contribution is 7.21. The standard InChI is InChI=1S/C17H13FOS/c1-10-3-4-11(2)14(7-10)17(19)16-9-12-8-13(18)5-6-15(12)20-16/h3-9H,1-2H3. The first-order valence-electron chi connectivity index (χ1n) is 6.35. The topological polar surface area (TPSA) is 17.1 Å². The van der Waals surface area contributed by atoms with Crippen molar-refractivity contribution >= 4 is 27.2 Å². The van der Waals surface area contributed by atoms with E-state index >= 15 is 0 Å². The van der Waals surface area contributed by atoms with E-state index in [4.69, 9.17) is 0 Å². The van der Waals surface area contributed by atoms with Gasteiger partial charge in [-0.3, -0.25) is 4.79 Å². The summed E-state index contributed by atoms with van der Waals surface area (Å²) in [4.78, 5) is 13.2. The molecule has 0 unspecified atom stereocenters. The molecule has 0 aliphatic carbocycles. The molecule has 0 spiro atoms. The molecule has 0 atom stereocenters. The number of aryl methyl sites for hydroxylation is 2. The summed E-state index contributed by atoms with van der Waals surface area (Å²) in [7, 11) is 0. The Labute approximate surface area is 120 Å². The van der Waals surface area contributed by atoms with Crippen molar-refractivity contribution in [3.05, 3.63) is 69.8 Å². The zero-order valence-electron chi connectivity index (χ0n) is 11.2. The van der Waals surface area contributed by atoms with E-state index in [-0.39, 0.29) is 11.6 Å². The van der Waals surface area contributed by atoms with E-state index in [2.05, 4.69) is 0 Å². The zero-order valence-corrected chi connectivity index (χ0v) is 12.1. The number of hydrogen-bond donors (Lipinski definition) is 0. The summed E-state index contributed by atoms with van der Waals surface area (Å²) in [6.45, 7) is 3.90. The molecule has 0 N–H and O–H groups in total. The fourth-order valence-electron chi connectivity index (χ4n) is 2.24. The number of thiophene rings is 1. The van der Waals surface area contributed by atoms with Gasteiger partial charge in [-0.05, 0) is 55.1 Å². The van der Waals surface area contributed by atoms with Crippen molar-refractivity contribution in [2.75, 3.05) is 0 Å². The number of rotatable bonds is 2. The van der Waals surface area contributed by atoms with Crippen LogP contribution in [0.25, 0.3) is 10.1 Å². The molecule has 1 heterocycles. The van der Waals surface area contributed by atoms with Crippen LogP contribution in [0.4, 0.5) is 4.39 Å². The maximum absolute atomic E-state index is 13.2. The Morgan fingerprint density at radius 2 is 1.85 bits per heavy atom. The molecule has 3 heteroatoms. The number of benzene rings is 2. The SMILES string of the molecule is Cc1ccc(C)c(C(=O)c2cc3cc(F)ccc3s2)c1. The first-order chi connectivity index (χ1) is 9.54. The summed E-state index contributed by atoms with van der Waals surface area (Å²) in [6, 6.07) is 12.2. The van der Waals surface area contributed by atoms with Crippen LogP contribution < -0.4 is 0 Å². The quantitative estimate of drug-likeness (QED) is 0.612. The van der Waals surface area contributed by atoms with Gasteiger partial charge < -0.3 is 0 Å². The van der Waals surface area contributed by atoms with E-state index in [1.54, 1.807) is 12.1 Å². The Hall–Kier alpha value is -2.00. The molecule has 3 aromatic rings. The summed E-state index contributed by atoms with van der Waals surface area (Å²) in [6.07, 6.45) is 0. The predicted octanol–water partition coefficient (Wildman–Crippen LogP) is 4.89. The van der Waals surface area contributed by atoms with E-state index in [9.17, 15) is 9.18 Å². The van der Waals surface area contributed by atoms with Crippen LogP contribution in [0.2, 0.25) is 0 Å². The van der Waals surface area contributed by atoms with Gasteiger partial charge >= 0.3 is 0 Å².